The molecule has 0 spiro atoms. The van der Waals surface area contributed by atoms with Crippen molar-refractivity contribution in [2.75, 3.05) is 19.7 Å². The van der Waals surface area contributed by atoms with E-state index < -0.39 is 13.0 Å². The lowest BCUT2D eigenvalue weighted by atomic mass is 9.78. The summed E-state index contributed by atoms with van der Waals surface area (Å²) < 4.78 is 34.8. The van der Waals surface area contributed by atoms with Crippen LogP contribution in [0.15, 0.2) is 10.6 Å². The summed E-state index contributed by atoms with van der Waals surface area (Å²) in [5, 5.41) is 4.16. The maximum Gasteiger partial charge on any atom is 0.273 e. The topological polar surface area (TPSA) is 68.5 Å². The average molecular weight is 454 g/mol. The summed E-state index contributed by atoms with van der Waals surface area (Å²) in [4.78, 5) is 20.3. The van der Waals surface area contributed by atoms with Gasteiger partial charge in [-0.2, -0.15) is 0 Å². The van der Waals surface area contributed by atoms with Crippen molar-refractivity contribution >= 4 is 17.1 Å². The molecule has 2 aliphatic rings. The van der Waals surface area contributed by atoms with Crippen LogP contribution in [0.3, 0.4) is 0 Å². The van der Waals surface area contributed by atoms with Gasteiger partial charge in [-0.3, -0.25) is 9.69 Å². The lowest BCUT2D eigenvalue weighted by Crippen LogP contribution is -2.32. The van der Waals surface area contributed by atoms with Crippen molar-refractivity contribution in [3.63, 3.8) is 0 Å². The first kappa shape index (κ1) is 22.3. The number of alkyl halides is 2. The van der Waals surface area contributed by atoms with Gasteiger partial charge in [0, 0.05) is 30.5 Å². The third-order valence-corrected chi connectivity index (χ3v) is 7.39. The Bertz CT molecular complexity index is 877. The summed E-state index contributed by atoms with van der Waals surface area (Å²) in [6.45, 7) is 4.00. The molecule has 9 heteroatoms. The predicted octanol–water partition coefficient (Wildman–Crippen LogP) is 4.91. The van der Waals surface area contributed by atoms with Gasteiger partial charge >= 0.3 is 0 Å². The van der Waals surface area contributed by atoms with Crippen LogP contribution in [0.4, 0.5) is 8.78 Å². The second-order valence-electron chi connectivity index (χ2n) is 8.71. The molecule has 0 bridgehead atoms. The highest BCUT2D eigenvalue weighted by Crippen LogP contribution is 2.34. The number of halogens is 2. The normalized spacial score (nSPS) is 21.9. The molecule has 0 atom stereocenters. The molecule has 0 N–H and O–H groups in total. The molecule has 0 unspecified atom stereocenters. The van der Waals surface area contributed by atoms with Crippen LogP contribution in [-0.4, -0.2) is 46.9 Å². The third kappa shape index (κ3) is 6.10. The van der Waals surface area contributed by atoms with Gasteiger partial charge < -0.3 is 9.26 Å². The van der Waals surface area contributed by atoms with Crippen LogP contribution >= 0.6 is 11.3 Å². The summed E-state index contributed by atoms with van der Waals surface area (Å²) in [5.41, 5.74) is 1.72. The van der Waals surface area contributed by atoms with Crippen molar-refractivity contribution in [1.29, 1.82) is 0 Å². The standard InChI is InChI=1S/C22H29F2N3O3S/c1-14-10-19(30-26-14)18(28)11-16-4-2-15(3-5-16)6-8-27-9-7-20-17(12-27)25-22(31-20)29-13-21(23)24/h10,15-16,21H,2-9,11-13H2,1H3. The van der Waals surface area contributed by atoms with Crippen LogP contribution in [-0.2, 0) is 13.0 Å². The Labute approximate surface area is 185 Å². The fraction of sp³-hybridized carbons (Fsp3) is 0.682. The highest BCUT2D eigenvalue weighted by Gasteiger charge is 2.26. The first-order valence-corrected chi connectivity index (χ1v) is 11.9. The number of hydrogen-bond acceptors (Lipinski definition) is 7. The number of fused-ring (bicyclic) bond motifs is 1. The molecule has 1 saturated carbocycles. The lowest BCUT2D eigenvalue weighted by Gasteiger charge is -2.31. The first-order valence-electron chi connectivity index (χ1n) is 11.0. The van der Waals surface area contributed by atoms with Gasteiger partial charge in [0.2, 0.25) is 11.5 Å². The van der Waals surface area contributed by atoms with Crippen LogP contribution < -0.4 is 4.74 Å². The van der Waals surface area contributed by atoms with E-state index in [4.69, 9.17) is 9.26 Å². The fourth-order valence-corrected chi connectivity index (χ4v) is 5.48. The van der Waals surface area contributed by atoms with E-state index in [1.807, 2.05) is 6.92 Å². The summed E-state index contributed by atoms with van der Waals surface area (Å²) in [5.74, 6) is 1.58. The van der Waals surface area contributed by atoms with Crippen LogP contribution in [0.2, 0.25) is 0 Å². The second-order valence-corrected chi connectivity index (χ2v) is 9.76. The summed E-state index contributed by atoms with van der Waals surface area (Å²) in [6.07, 6.45) is 4.63. The zero-order chi connectivity index (χ0) is 21.8. The maximum absolute atomic E-state index is 12.3. The zero-order valence-corrected chi connectivity index (χ0v) is 18.6. The number of ether oxygens (including phenoxy) is 1. The number of carbonyl (C=O) groups is 1. The van der Waals surface area contributed by atoms with Crippen molar-refractivity contribution < 1.29 is 22.8 Å². The van der Waals surface area contributed by atoms with E-state index in [1.54, 1.807) is 6.07 Å². The number of nitrogens with zero attached hydrogens (tertiary/aromatic N) is 3. The van der Waals surface area contributed by atoms with Gasteiger partial charge in [0.1, 0.15) is 0 Å². The number of rotatable bonds is 9. The van der Waals surface area contributed by atoms with Crippen molar-refractivity contribution in [3.05, 3.63) is 28.1 Å². The van der Waals surface area contributed by atoms with Crippen LogP contribution in [0.5, 0.6) is 5.19 Å². The van der Waals surface area contributed by atoms with Crippen LogP contribution in [0, 0.1) is 18.8 Å². The minimum Gasteiger partial charge on any atom is -0.464 e. The van der Waals surface area contributed by atoms with Gasteiger partial charge in [-0.05, 0) is 51.0 Å². The van der Waals surface area contributed by atoms with Gasteiger partial charge in [0.25, 0.3) is 11.6 Å². The molecule has 3 heterocycles. The summed E-state index contributed by atoms with van der Waals surface area (Å²) in [6, 6.07) is 1.72. The largest absolute Gasteiger partial charge is 0.464 e. The molecule has 0 saturated heterocycles. The third-order valence-electron chi connectivity index (χ3n) is 6.32. The van der Waals surface area contributed by atoms with Gasteiger partial charge in [0.15, 0.2) is 6.61 Å². The lowest BCUT2D eigenvalue weighted by molar-refractivity contribution is 0.0815. The van der Waals surface area contributed by atoms with Crippen molar-refractivity contribution in [1.82, 2.24) is 15.0 Å². The number of hydrogen-bond donors (Lipinski definition) is 0. The van der Waals surface area contributed by atoms with Crippen LogP contribution in [0.1, 0.15) is 65.3 Å². The zero-order valence-electron chi connectivity index (χ0n) is 17.8. The van der Waals surface area contributed by atoms with Gasteiger partial charge in [-0.15, -0.1) is 0 Å². The Morgan fingerprint density at radius 3 is 2.81 bits per heavy atom. The van der Waals surface area contributed by atoms with E-state index in [1.165, 1.54) is 11.3 Å². The molecule has 1 aliphatic carbocycles. The summed E-state index contributed by atoms with van der Waals surface area (Å²) in [7, 11) is 0. The second kappa shape index (κ2) is 10.2. The summed E-state index contributed by atoms with van der Waals surface area (Å²) >= 11 is 1.40. The molecule has 4 rings (SSSR count). The smallest absolute Gasteiger partial charge is 0.273 e. The SMILES string of the molecule is Cc1cc(C(=O)CC2CCC(CCN3CCc4sc(OCC(F)F)nc4C3)CC2)on1. The van der Waals surface area contributed by atoms with Crippen molar-refractivity contribution in [2.45, 2.75) is 64.8 Å². The maximum atomic E-state index is 12.3. The molecule has 170 valence electrons. The van der Waals surface area contributed by atoms with E-state index in [2.05, 4.69) is 15.0 Å². The Hall–Kier alpha value is -1.87. The number of thiazole rings is 1. The number of carbonyl (C=O) groups excluding carboxylic acids is 1. The van der Waals surface area contributed by atoms with Gasteiger partial charge in [0.05, 0.1) is 11.4 Å². The van der Waals surface area contributed by atoms with E-state index in [0.29, 0.717) is 29.2 Å². The number of aryl methyl sites for hydroxylation is 1. The molecule has 0 amide bonds. The number of aromatic nitrogens is 2. The minimum absolute atomic E-state index is 0.0633. The Morgan fingerprint density at radius 2 is 2.10 bits per heavy atom. The van der Waals surface area contributed by atoms with Crippen molar-refractivity contribution in [3.8, 4) is 5.19 Å². The van der Waals surface area contributed by atoms with E-state index in [9.17, 15) is 13.6 Å². The minimum atomic E-state index is -2.48. The van der Waals surface area contributed by atoms with E-state index in [-0.39, 0.29) is 5.78 Å². The Morgan fingerprint density at radius 1 is 1.32 bits per heavy atom. The highest BCUT2D eigenvalue weighted by molar-refractivity contribution is 7.13. The van der Waals surface area contributed by atoms with Crippen LogP contribution in [0.25, 0.3) is 0 Å². The number of ketones is 1. The van der Waals surface area contributed by atoms with E-state index >= 15 is 0 Å². The average Bonchev–Trinajstić information content (AvgIpc) is 3.37. The molecule has 0 aromatic carbocycles. The van der Waals surface area contributed by atoms with Gasteiger partial charge in [-0.1, -0.05) is 29.3 Å². The fourth-order valence-electron chi connectivity index (χ4n) is 4.56. The van der Waals surface area contributed by atoms with E-state index in [0.717, 1.165) is 74.4 Å². The highest BCUT2D eigenvalue weighted by atomic mass is 32.1. The van der Waals surface area contributed by atoms with Gasteiger partial charge in [-0.25, -0.2) is 13.8 Å². The first-order chi connectivity index (χ1) is 15.0. The molecule has 1 aliphatic heterocycles. The molecule has 6 nitrogen and oxygen atoms in total. The molecular formula is C22H29F2N3O3S. The molecule has 31 heavy (non-hydrogen) atoms. The monoisotopic (exact) mass is 453 g/mol. The molecule has 2 aromatic rings. The molecule has 2 aromatic heterocycles. The molecule has 0 radical (unpaired) electrons. The quantitative estimate of drug-likeness (QED) is 0.503. The predicted molar refractivity (Wildman–Crippen MR) is 113 cm³/mol. The number of Topliss-reactive ketones (excluding diaryl/α,β-unsaturated/α-hetero) is 1. The Kier molecular flexibility index (Phi) is 7.32. The van der Waals surface area contributed by atoms with Crippen molar-refractivity contribution in [2.24, 2.45) is 11.8 Å². The molecular weight excluding hydrogens is 424 g/mol. The Balaban J connectivity index is 1.17. The molecule has 1 fully saturated rings.